The van der Waals surface area contributed by atoms with Gasteiger partial charge in [-0.1, -0.05) is 6.92 Å². The number of alkyl halides is 3. The van der Waals surface area contributed by atoms with E-state index in [1.165, 1.54) is 6.07 Å². The summed E-state index contributed by atoms with van der Waals surface area (Å²) >= 11 is 1.13. The van der Waals surface area contributed by atoms with Crippen LogP contribution in [0.1, 0.15) is 24.7 Å². The van der Waals surface area contributed by atoms with Crippen LogP contribution in [0.25, 0.3) is 10.9 Å². The summed E-state index contributed by atoms with van der Waals surface area (Å²) in [6, 6.07) is 3.32. The van der Waals surface area contributed by atoms with E-state index < -0.39 is 17.7 Å². The second-order valence-electron chi connectivity index (χ2n) is 4.52. The number of aromatic nitrogens is 2. The van der Waals surface area contributed by atoms with Gasteiger partial charge in [-0.2, -0.15) is 13.2 Å². The third kappa shape index (κ3) is 3.88. The molecule has 0 spiro atoms. The fourth-order valence-electron chi connectivity index (χ4n) is 1.83. The highest BCUT2D eigenvalue weighted by atomic mass is 32.2. The number of carboxylic acids is 1. The van der Waals surface area contributed by atoms with E-state index in [0.29, 0.717) is 28.2 Å². The molecular formula is C14H13F3N2O2S. The summed E-state index contributed by atoms with van der Waals surface area (Å²) < 4.78 is 38.5. The van der Waals surface area contributed by atoms with Crippen LogP contribution in [0.2, 0.25) is 0 Å². The van der Waals surface area contributed by atoms with Crippen LogP contribution in [0.15, 0.2) is 23.2 Å². The number of aryl methyl sites for hydroxylation is 1. The van der Waals surface area contributed by atoms with Gasteiger partial charge in [0.25, 0.3) is 0 Å². The predicted octanol–water partition coefficient (Wildman–Crippen LogP) is 3.78. The van der Waals surface area contributed by atoms with Gasteiger partial charge in [0.1, 0.15) is 10.9 Å². The van der Waals surface area contributed by atoms with Crippen LogP contribution in [-0.4, -0.2) is 26.8 Å². The minimum absolute atomic E-state index is 0.0867. The molecule has 0 saturated carbocycles. The summed E-state index contributed by atoms with van der Waals surface area (Å²) in [6.45, 7) is 1.84. The number of thioether (sulfide) groups is 1. The second kappa shape index (κ2) is 6.51. The number of rotatable bonds is 5. The quantitative estimate of drug-likeness (QED) is 0.668. The zero-order valence-corrected chi connectivity index (χ0v) is 12.5. The first kappa shape index (κ1) is 16.5. The first-order valence-corrected chi connectivity index (χ1v) is 7.52. The van der Waals surface area contributed by atoms with E-state index in [-0.39, 0.29) is 12.2 Å². The highest BCUT2D eigenvalue weighted by Crippen LogP contribution is 2.34. The number of aliphatic carboxylic acids is 1. The maximum absolute atomic E-state index is 12.8. The molecule has 2 rings (SSSR count). The highest BCUT2D eigenvalue weighted by Gasteiger charge is 2.30. The van der Waals surface area contributed by atoms with Crippen molar-refractivity contribution in [3.05, 3.63) is 29.6 Å². The number of nitrogens with zero attached hydrogens (tertiary/aromatic N) is 2. The molecule has 0 atom stereocenters. The maximum Gasteiger partial charge on any atom is 0.416 e. The van der Waals surface area contributed by atoms with Crippen molar-refractivity contribution in [3.8, 4) is 0 Å². The first-order valence-electron chi connectivity index (χ1n) is 6.53. The lowest BCUT2D eigenvalue weighted by atomic mass is 10.1. The van der Waals surface area contributed by atoms with Crippen LogP contribution >= 0.6 is 11.8 Å². The fourth-order valence-corrected chi connectivity index (χ4v) is 2.78. The van der Waals surface area contributed by atoms with E-state index in [9.17, 15) is 18.0 Å². The molecule has 0 saturated heterocycles. The Hall–Kier alpha value is -1.83. The van der Waals surface area contributed by atoms with Gasteiger partial charge in [-0.05, 0) is 18.2 Å². The Morgan fingerprint density at radius 3 is 2.64 bits per heavy atom. The van der Waals surface area contributed by atoms with Crippen LogP contribution in [-0.2, 0) is 17.4 Å². The molecule has 0 aliphatic carbocycles. The summed E-state index contributed by atoms with van der Waals surface area (Å²) in [4.78, 5) is 19.0. The number of hydrogen-bond acceptors (Lipinski definition) is 4. The third-order valence-corrected chi connectivity index (χ3v) is 3.90. The number of hydrogen-bond donors (Lipinski definition) is 1. The lowest BCUT2D eigenvalue weighted by molar-refractivity contribution is -0.138. The van der Waals surface area contributed by atoms with Crippen LogP contribution in [0, 0.1) is 0 Å². The zero-order valence-electron chi connectivity index (χ0n) is 11.6. The number of carboxylic acid groups (broad SMARTS) is 1. The van der Waals surface area contributed by atoms with Gasteiger partial charge in [0.05, 0.1) is 17.5 Å². The fraction of sp³-hybridized carbons (Fsp3) is 0.357. The topological polar surface area (TPSA) is 63.1 Å². The van der Waals surface area contributed by atoms with Gasteiger partial charge in [-0.3, -0.25) is 4.79 Å². The molecule has 0 amide bonds. The lowest BCUT2D eigenvalue weighted by Gasteiger charge is -2.11. The summed E-state index contributed by atoms with van der Waals surface area (Å²) in [5.74, 6) is -0.205. The number of halogens is 3. The van der Waals surface area contributed by atoms with Crippen molar-refractivity contribution < 1.29 is 23.1 Å². The molecule has 0 radical (unpaired) electrons. The van der Waals surface area contributed by atoms with E-state index >= 15 is 0 Å². The Morgan fingerprint density at radius 1 is 1.32 bits per heavy atom. The van der Waals surface area contributed by atoms with E-state index in [1.54, 1.807) is 0 Å². The standard InChI is InChI=1S/C14H13F3N2O2S/c1-2-11-18-10-4-3-8(14(15,16)17)7-9(10)13(19-11)22-6-5-12(20)21/h3-4,7H,2,5-6H2,1H3,(H,20,21). The summed E-state index contributed by atoms with van der Waals surface area (Å²) in [6.07, 6.45) is -3.99. The van der Waals surface area contributed by atoms with Gasteiger partial charge in [0.15, 0.2) is 0 Å². The van der Waals surface area contributed by atoms with Gasteiger partial charge in [-0.25, -0.2) is 9.97 Å². The predicted molar refractivity (Wildman–Crippen MR) is 76.9 cm³/mol. The van der Waals surface area contributed by atoms with Crippen LogP contribution in [0.3, 0.4) is 0 Å². The van der Waals surface area contributed by atoms with Crippen molar-refractivity contribution in [2.24, 2.45) is 0 Å². The molecule has 0 aliphatic rings. The molecule has 22 heavy (non-hydrogen) atoms. The average Bonchev–Trinajstić information content (AvgIpc) is 2.45. The van der Waals surface area contributed by atoms with Gasteiger partial charge in [0, 0.05) is 17.6 Å². The van der Waals surface area contributed by atoms with Gasteiger partial charge in [-0.15, -0.1) is 11.8 Å². The van der Waals surface area contributed by atoms with Crippen molar-refractivity contribution >= 4 is 28.6 Å². The second-order valence-corrected chi connectivity index (χ2v) is 5.60. The maximum atomic E-state index is 12.8. The lowest BCUT2D eigenvalue weighted by Crippen LogP contribution is -2.06. The van der Waals surface area contributed by atoms with Crippen molar-refractivity contribution in [1.29, 1.82) is 0 Å². The highest BCUT2D eigenvalue weighted by molar-refractivity contribution is 7.99. The van der Waals surface area contributed by atoms with Gasteiger partial charge in [0.2, 0.25) is 0 Å². The van der Waals surface area contributed by atoms with Gasteiger partial charge < -0.3 is 5.11 Å². The Morgan fingerprint density at radius 2 is 2.05 bits per heavy atom. The Labute approximate surface area is 128 Å². The number of benzene rings is 1. The van der Waals surface area contributed by atoms with Crippen molar-refractivity contribution in [1.82, 2.24) is 9.97 Å². The molecule has 0 unspecified atom stereocenters. The van der Waals surface area contributed by atoms with E-state index in [2.05, 4.69) is 9.97 Å². The average molecular weight is 330 g/mol. The van der Waals surface area contributed by atoms with Crippen molar-refractivity contribution in [2.75, 3.05) is 5.75 Å². The normalized spacial score (nSPS) is 11.8. The summed E-state index contributed by atoms with van der Waals surface area (Å²) in [5.41, 5.74) is -0.342. The van der Waals surface area contributed by atoms with Crippen LogP contribution in [0.5, 0.6) is 0 Å². The van der Waals surface area contributed by atoms with E-state index in [1.807, 2.05) is 6.92 Å². The van der Waals surface area contributed by atoms with Crippen molar-refractivity contribution in [2.45, 2.75) is 31.0 Å². The summed E-state index contributed by atoms with van der Waals surface area (Å²) in [7, 11) is 0. The van der Waals surface area contributed by atoms with E-state index in [0.717, 1.165) is 23.9 Å². The Kier molecular flexibility index (Phi) is 4.90. The molecule has 118 valence electrons. The molecule has 8 heteroatoms. The molecule has 2 aromatic rings. The monoisotopic (exact) mass is 330 g/mol. The minimum atomic E-state index is -4.44. The molecular weight excluding hydrogens is 317 g/mol. The number of fused-ring (bicyclic) bond motifs is 1. The molecule has 1 aromatic carbocycles. The smallest absolute Gasteiger partial charge is 0.416 e. The SMILES string of the molecule is CCc1nc(SCCC(=O)O)c2cc(C(F)(F)F)ccc2n1. The Bertz CT molecular complexity index is 704. The number of carbonyl (C=O) groups is 1. The largest absolute Gasteiger partial charge is 0.481 e. The molecule has 4 nitrogen and oxygen atoms in total. The van der Waals surface area contributed by atoms with Gasteiger partial charge >= 0.3 is 12.1 Å². The van der Waals surface area contributed by atoms with E-state index in [4.69, 9.17) is 5.11 Å². The first-order chi connectivity index (χ1) is 10.3. The summed E-state index contributed by atoms with van der Waals surface area (Å²) in [5, 5.41) is 9.34. The molecule has 0 fully saturated rings. The molecule has 0 bridgehead atoms. The molecule has 1 N–H and O–H groups in total. The van der Waals surface area contributed by atoms with Crippen LogP contribution in [0.4, 0.5) is 13.2 Å². The Balaban J connectivity index is 2.47. The molecule has 1 heterocycles. The van der Waals surface area contributed by atoms with Crippen molar-refractivity contribution in [3.63, 3.8) is 0 Å². The van der Waals surface area contributed by atoms with Crippen LogP contribution < -0.4 is 0 Å². The molecule has 0 aliphatic heterocycles. The third-order valence-electron chi connectivity index (χ3n) is 2.91. The minimum Gasteiger partial charge on any atom is -0.481 e. The molecule has 1 aromatic heterocycles. The zero-order chi connectivity index (χ0) is 16.3.